The molecule has 0 rings (SSSR count). The topological polar surface area (TPSA) is 92.5 Å². The summed E-state index contributed by atoms with van der Waals surface area (Å²) in [5.41, 5.74) is 4.86. The number of carboxylic acids is 1. The van der Waals surface area contributed by atoms with Gasteiger partial charge in [0.1, 0.15) is 6.61 Å². The Kier molecular flexibility index (Phi) is 3.38. The van der Waals surface area contributed by atoms with Gasteiger partial charge in [-0.1, -0.05) is 0 Å². The number of nitrogens with two attached hydrogens (primary N) is 1. The van der Waals surface area contributed by atoms with Crippen LogP contribution >= 0.6 is 0 Å². The molecule has 2 N–H and O–H groups in total. The first-order valence-electron chi connectivity index (χ1n) is 2.20. The highest BCUT2D eigenvalue weighted by molar-refractivity contribution is 5.71. The molecule has 0 saturated carbocycles. The Hall–Kier alpha value is -1.10. The zero-order valence-corrected chi connectivity index (χ0v) is 4.57. The van der Waals surface area contributed by atoms with Crippen molar-refractivity contribution in [1.82, 2.24) is 0 Å². The van der Waals surface area contributed by atoms with Gasteiger partial charge in [0, 0.05) is 0 Å². The summed E-state index contributed by atoms with van der Waals surface area (Å²) in [7, 11) is 0. The molecule has 0 aromatic rings. The average molecular weight is 132 g/mol. The Labute approximate surface area is 51.4 Å². The van der Waals surface area contributed by atoms with Gasteiger partial charge in [-0.3, -0.25) is 4.79 Å². The second kappa shape index (κ2) is 3.85. The number of hydrogen-bond acceptors (Lipinski definition) is 5. The lowest BCUT2D eigenvalue weighted by molar-refractivity contribution is -0.308. The summed E-state index contributed by atoms with van der Waals surface area (Å²) in [5, 5.41) is 9.77. The SMILES string of the molecule is NC(COC=O)C(=O)[O-]. The Morgan fingerprint density at radius 2 is 2.44 bits per heavy atom. The van der Waals surface area contributed by atoms with Crippen LogP contribution in [0.2, 0.25) is 0 Å². The molecule has 0 amide bonds. The maximum atomic E-state index is 9.77. The fraction of sp³-hybridized carbons (Fsp3) is 0.500. The van der Waals surface area contributed by atoms with Gasteiger partial charge in [0.15, 0.2) is 0 Å². The van der Waals surface area contributed by atoms with E-state index >= 15 is 0 Å². The lowest BCUT2D eigenvalue weighted by atomic mass is 10.3. The van der Waals surface area contributed by atoms with Crippen LogP contribution in [0.25, 0.3) is 0 Å². The van der Waals surface area contributed by atoms with Crippen LogP contribution in [0.15, 0.2) is 0 Å². The number of carbonyl (C=O) groups excluding carboxylic acids is 2. The van der Waals surface area contributed by atoms with Crippen molar-refractivity contribution in [1.29, 1.82) is 0 Å². The van der Waals surface area contributed by atoms with E-state index in [4.69, 9.17) is 5.73 Å². The molecule has 0 aliphatic heterocycles. The number of carboxylic acid groups (broad SMARTS) is 1. The maximum absolute atomic E-state index is 9.77. The molecule has 52 valence electrons. The van der Waals surface area contributed by atoms with Gasteiger partial charge in [-0.15, -0.1) is 0 Å². The standard InChI is InChI=1S/C4H7NO4/c5-3(4(7)8)1-9-2-6/h2-3H,1,5H2,(H,7,8)/p-1. The quantitative estimate of drug-likeness (QED) is 0.418. The van der Waals surface area contributed by atoms with Crippen molar-refractivity contribution in [3.63, 3.8) is 0 Å². The minimum absolute atomic E-state index is 0.128. The van der Waals surface area contributed by atoms with Crippen molar-refractivity contribution >= 4 is 12.4 Å². The largest absolute Gasteiger partial charge is 0.548 e. The van der Waals surface area contributed by atoms with Gasteiger partial charge in [0.2, 0.25) is 0 Å². The lowest BCUT2D eigenvalue weighted by Crippen LogP contribution is -2.44. The number of hydrogen-bond donors (Lipinski definition) is 1. The van der Waals surface area contributed by atoms with E-state index in [-0.39, 0.29) is 13.1 Å². The maximum Gasteiger partial charge on any atom is 0.293 e. The molecule has 9 heavy (non-hydrogen) atoms. The molecule has 0 saturated heterocycles. The van der Waals surface area contributed by atoms with Gasteiger partial charge in [0.25, 0.3) is 6.47 Å². The summed E-state index contributed by atoms with van der Waals surface area (Å²) in [4.78, 5) is 19.2. The van der Waals surface area contributed by atoms with Gasteiger partial charge >= 0.3 is 0 Å². The van der Waals surface area contributed by atoms with Crippen molar-refractivity contribution in [2.75, 3.05) is 6.61 Å². The predicted octanol–water partition coefficient (Wildman–Crippen LogP) is -2.76. The van der Waals surface area contributed by atoms with Gasteiger partial charge in [-0.2, -0.15) is 0 Å². The molecule has 0 fully saturated rings. The third kappa shape index (κ3) is 3.48. The molecule has 5 nitrogen and oxygen atoms in total. The minimum Gasteiger partial charge on any atom is -0.548 e. The van der Waals surface area contributed by atoms with E-state index in [0.717, 1.165) is 0 Å². The first-order valence-corrected chi connectivity index (χ1v) is 2.20. The van der Waals surface area contributed by atoms with Crippen molar-refractivity contribution in [2.45, 2.75) is 6.04 Å². The van der Waals surface area contributed by atoms with Crippen LogP contribution in [-0.2, 0) is 14.3 Å². The van der Waals surface area contributed by atoms with Crippen molar-refractivity contribution in [2.24, 2.45) is 5.73 Å². The molecule has 0 radical (unpaired) electrons. The van der Waals surface area contributed by atoms with E-state index in [9.17, 15) is 14.7 Å². The van der Waals surface area contributed by atoms with Crippen molar-refractivity contribution < 1.29 is 19.4 Å². The second-order valence-corrected chi connectivity index (χ2v) is 1.36. The minimum atomic E-state index is -1.43. The highest BCUT2D eigenvalue weighted by Crippen LogP contribution is 1.74. The fourth-order valence-electron chi connectivity index (χ4n) is 0.211. The van der Waals surface area contributed by atoms with Crippen molar-refractivity contribution in [3.8, 4) is 0 Å². The zero-order valence-electron chi connectivity index (χ0n) is 4.57. The molecule has 0 aliphatic rings. The van der Waals surface area contributed by atoms with E-state index in [2.05, 4.69) is 4.74 Å². The Balaban J connectivity index is 3.37. The molecule has 0 aromatic carbocycles. The van der Waals surface area contributed by atoms with Gasteiger partial charge in [-0.25, -0.2) is 0 Å². The molecule has 0 heterocycles. The Bertz CT molecular complexity index is 113. The van der Waals surface area contributed by atoms with Crippen LogP contribution in [0, 0.1) is 0 Å². The Morgan fingerprint density at radius 1 is 1.89 bits per heavy atom. The summed E-state index contributed by atoms with van der Waals surface area (Å²) in [6.45, 7) is -0.214. The number of ether oxygens (including phenoxy) is 1. The summed E-state index contributed by atoms with van der Waals surface area (Å²) < 4.78 is 4.03. The highest BCUT2D eigenvalue weighted by atomic mass is 16.5. The lowest BCUT2D eigenvalue weighted by Gasteiger charge is -2.09. The molecule has 5 heteroatoms. The van der Waals surface area contributed by atoms with E-state index < -0.39 is 12.0 Å². The number of aliphatic carboxylic acids is 1. The average Bonchev–Trinajstić information content (AvgIpc) is 1.82. The van der Waals surface area contributed by atoms with Crippen LogP contribution < -0.4 is 10.8 Å². The van der Waals surface area contributed by atoms with E-state index in [0.29, 0.717) is 0 Å². The molecule has 0 spiro atoms. The van der Waals surface area contributed by atoms with E-state index in [1.165, 1.54) is 0 Å². The third-order valence-electron chi connectivity index (χ3n) is 0.647. The summed E-state index contributed by atoms with van der Waals surface area (Å²) in [5.74, 6) is -1.43. The molecule has 0 aromatic heterocycles. The molecule has 1 unspecified atom stereocenters. The van der Waals surface area contributed by atoms with E-state index in [1.807, 2.05) is 0 Å². The molecular formula is C4H6NO4-. The first-order chi connectivity index (χ1) is 4.18. The number of rotatable bonds is 4. The second-order valence-electron chi connectivity index (χ2n) is 1.36. The summed E-state index contributed by atoms with van der Waals surface area (Å²) in [6.07, 6.45) is 0. The van der Waals surface area contributed by atoms with Gasteiger partial charge in [0.05, 0.1) is 12.0 Å². The molecule has 1 atom stereocenters. The van der Waals surface area contributed by atoms with Crippen LogP contribution in [-0.4, -0.2) is 25.1 Å². The molecule has 0 aliphatic carbocycles. The monoisotopic (exact) mass is 132 g/mol. The highest BCUT2D eigenvalue weighted by Gasteiger charge is 2.00. The van der Waals surface area contributed by atoms with Gasteiger partial charge in [-0.05, 0) is 0 Å². The zero-order chi connectivity index (χ0) is 7.28. The normalized spacial score (nSPS) is 12.1. The summed E-state index contributed by atoms with van der Waals surface area (Å²) in [6, 6.07) is -1.23. The van der Waals surface area contributed by atoms with Crippen molar-refractivity contribution in [3.05, 3.63) is 0 Å². The third-order valence-corrected chi connectivity index (χ3v) is 0.647. The fourth-order valence-corrected chi connectivity index (χ4v) is 0.211. The van der Waals surface area contributed by atoms with Crippen LogP contribution in [0.3, 0.4) is 0 Å². The molecular weight excluding hydrogens is 126 g/mol. The predicted molar refractivity (Wildman–Crippen MR) is 25.0 cm³/mol. The number of carbonyl (C=O) groups is 2. The Morgan fingerprint density at radius 3 is 2.78 bits per heavy atom. The van der Waals surface area contributed by atoms with Crippen LogP contribution in [0.5, 0.6) is 0 Å². The summed E-state index contributed by atoms with van der Waals surface area (Å²) >= 11 is 0. The molecule has 0 bridgehead atoms. The van der Waals surface area contributed by atoms with Crippen LogP contribution in [0.1, 0.15) is 0 Å². The van der Waals surface area contributed by atoms with Crippen LogP contribution in [0.4, 0.5) is 0 Å². The smallest absolute Gasteiger partial charge is 0.293 e. The first kappa shape index (κ1) is 7.90. The van der Waals surface area contributed by atoms with E-state index in [1.54, 1.807) is 0 Å². The van der Waals surface area contributed by atoms with Gasteiger partial charge < -0.3 is 20.4 Å².